The Morgan fingerprint density at radius 3 is 2.33 bits per heavy atom. The maximum atomic E-state index is 9.36. The van der Waals surface area contributed by atoms with Gasteiger partial charge >= 0.3 is 0 Å². The predicted molar refractivity (Wildman–Crippen MR) is 54.4 cm³/mol. The van der Waals surface area contributed by atoms with Crippen molar-refractivity contribution >= 4 is 0 Å². The summed E-state index contributed by atoms with van der Waals surface area (Å²) in [7, 11) is 0. The summed E-state index contributed by atoms with van der Waals surface area (Å²) in [6.07, 6.45) is 9.86. The minimum Gasteiger partial charge on any atom is -0.513 e. The van der Waals surface area contributed by atoms with Gasteiger partial charge in [0.25, 0.3) is 0 Å². The Hall–Kier alpha value is -0.460. The summed E-state index contributed by atoms with van der Waals surface area (Å²) in [4.78, 5) is 0. The van der Waals surface area contributed by atoms with E-state index in [-0.39, 0.29) is 0 Å². The standard InChI is InChI=1S/C11H22O/c1-3-5-7-9-11(12)10-8-6-4-2/h9,12H,3-8,10H2,1-2H3. The first-order valence-corrected chi connectivity index (χ1v) is 5.19. The van der Waals surface area contributed by atoms with Crippen LogP contribution in [0.1, 0.15) is 58.8 Å². The third kappa shape index (κ3) is 7.64. The van der Waals surface area contributed by atoms with Crippen LogP contribution in [0.15, 0.2) is 11.8 Å². The molecule has 0 spiro atoms. The lowest BCUT2D eigenvalue weighted by Crippen LogP contribution is -1.82. The minimum absolute atomic E-state index is 0.594. The van der Waals surface area contributed by atoms with E-state index < -0.39 is 0 Å². The van der Waals surface area contributed by atoms with Gasteiger partial charge in [-0.1, -0.05) is 33.1 Å². The van der Waals surface area contributed by atoms with Crippen LogP contribution in [0.3, 0.4) is 0 Å². The number of rotatable bonds is 7. The molecule has 0 heterocycles. The summed E-state index contributed by atoms with van der Waals surface area (Å²) in [6.45, 7) is 4.35. The molecule has 1 N–H and O–H groups in total. The van der Waals surface area contributed by atoms with Gasteiger partial charge in [-0.05, 0) is 25.3 Å². The van der Waals surface area contributed by atoms with Crippen LogP contribution in [0.4, 0.5) is 0 Å². The van der Waals surface area contributed by atoms with Crippen LogP contribution in [0.2, 0.25) is 0 Å². The molecular weight excluding hydrogens is 148 g/mol. The molecule has 1 heteroatoms. The lowest BCUT2D eigenvalue weighted by Gasteiger charge is -1.98. The first kappa shape index (κ1) is 11.5. The first-order chi connectivity index (χ1) is 5.81. The molecule has 0 aliphatic rings. The third-order valence-electron chi connectivity index (χ3n) is 1.97. The molecule has 0 atom stereocenters. The van der Waals surface area contributed by atoms with Gasteiger partial charge in [-0.15, -0.1) is 0 Å². The molecule has 0 aliphatic heterocycles. The summed E-state index contributed by atoms with van der Waals surface area (Å²) in [5.41, 5.74) is 0. The van der Waals surface area contributed by atoms with Crippen LogP contribution in [-0.4, -0.2) is 5.11 Å². The van der Waals surface area contributed by atoms with E-state index in [1.54, 1.807) is 0 Å². The zero-order valence-corrected chi connectivity index (χ0v) is 8.47. The molecule has 0 aromatic carbocycles. The van der Waals surface area contributed by atoms with Crippen LogP contribution in [0, 0.1) is 0 Å². The van der Waals surface area contributed by atoms with Crippen molar-refractivity contribution in [3.8, 4) is 0 Å². The maximum absolute atomic E-state index is 9.36. The minimum atomic E-state index is 0.594. The summed E-state index contributed by atoms with van der Waals surface area (Å²) in [5, 5.41) is 9.36. The van der Waals surface area contributed by atoms with E-state index in [0.29, 0.717) is 5.76 Å². The fraction of sp³-hybridized carbons (Fsp3) is 0.818. The monoisotopic (exact) mass is 170 g/mol. The second-order valence-electron chi connectivity index (χ2n) is 3.29. The van der Waals surface area contributed by atoms with Gasteiger partial charge in [0.2, 0.25) is 0 Å². The van der Waals surface area contributed by atoms with Crippen LogP contribution in [0.25, 0.3) is 0 Å². The lowest BCUT2D eigenvalue weighted by molar-refractivity contribution is 0.378. The molecule has 0 rings (SSSR count). The fourth-order valence-electron chi connectivity index (χ4n) is 1.13. The predicted octanol–water partition coefficient (Wildman–Crippen LogP) is 4.20. The topological polar surface area (TPSA) is 20.2 Å². The number of allylic oxidation sites excluding steroid dienone is 2. The van der Waals surface area contributed by atoms with Crippen molar-refractivity contribution in [2.75, 3.05) is 0 Å². The molecule has 1 nitrogen and oxygen atoms in total. The molecular formula is C11H22O. The average molecular weight is 170 g/mol. The van der Waals surface area contributed by atoms with Gasteiger partial charge in [0.1, 0.15) is 0 Å². The van der Waals surface area contributed by atoms with Gasteiger partial charge in [0, 0.05) is 6.42 Å². The molecule has 72 valence electrons. The van der Waals surface area contributed by atoms with Crippen molar-refractivity contribution in [3.05, 3.63) is 11.8 Å². The first-order valence-electron chi connectivity index (χ1n) is 5.19. The van der Waals surface area contributed by atoms with Crippen molar-refractivity contribution in [2.24, 2.45) is 0 Å². The van der Waals surface area contributed by atoms with E-state index in [2.05, 4.69) is 13.8 Å². The van der Waals surface area contributed by atoms with Gasteiger partial charge in [0.15, 0.2) is 0 Å². The summed E-state index contributed by atoms with van der Waals surface area (Å²) < 4.78 is 0. The molecule has 12 heavy (non-hydrogen) atoms. The maximum Gasteiger partial charge on any atom is 0.0882 e. The van der Waals surface area contributed by atoms with E-state index in [1.165, 1.54) is 25.7 Å². The number of hydrogen-bond acceptors (Lipinski definition) is 1. The Labute approximate surface area is 76.5 Å². The molecule has 0 saturated carbocycles. The van der Waals surface area contributed by atoms with Gasteiger partial charge < -0.3 is 5.11 Å². The zero-order chi connectivity index (χ0) is 9.23. The molecule has 0 bridgehead atoms. The van der Waals surface area contributed by atoms with E-state index in [0.717, 1.165) is 19.3 Å². The molecule has 0 saturated heterocycles. The van der Waals surface area contributed by atoms with Crippen molar-refractivity contribution in [2.45, 2.75) is 58.8 Å². The normalized spacial score (nSPS) is 12.0. The summed E-state index contributed by atoms with van der Waals surface area (Å²) in [5.74, 6) is 0.594. The fourth-order valence-corrected chi connectivity index (χ4v) is 1.13. The van der Waals surface area contributed by atoms with E-state index in [4.69, 9.17) is 0 Å². The van der Waals surface area contributed by atoms with Gasteiger partial charge in [-0.25, -0.2) is 0 Å². The Bertz CT molecular complexity index is 116. The van der Waals surface area contributed by atoms with E-state index >= 15 is 0 Å². The SMILES string of the molecule is CCCCC=C(O)CCCCC. The number of unbranched alkanes of at least 4 members (excludes halogenated alkanes) is 4. The second-order valence-corrected chi connectivity index (χ2v) is 3.29. The third-order valence-corrected chi connectivity index (χ3v) is 1.97. The number of aliphatic hydroxyl groups is 1. The van der Waals surface area contributed by atoms with Gasteiger partial charge in [-0.3, -0.25) is 0 Å². The zero-order valence-electron chi connectivity index (χ0n) is 8.47. The Morgan fingerprint density at radius 2 is 1.75 bits per heavy atom. The van der Waals surface area contributed by atoms with Crippen molar-refractivity contribution < 1.29 is 5.11 Å². The number of aliphatic hydroxyl groups excluding tert-OH is 1. The van der Waals surface area contributed by atoms with Crippen LogP contribution in [0.5, 0.6) is 0 Å². The Kier molecular flexibility index (Phi) is 8.30. The molecule has 0 amide bonds. The summed E-state index contributed by atoms with van der Waals surface area (Å²) >= 11 is 0. The van der Waals surface area contributed by atoms with Crippen molar-refractivity contribution in [1.29, 1.82) is 0 Å². The van der Waals surface area contributed by atoms with Crippen molar-refractivity contribution in [1.82, 2.24) is 0 Å². The largest absolute Gasteiger partial charge is 0.513 e. The Balaban J connectivity index is 3.29. The van der Waals surface area contributed by atoms with Crippen LogP contribution >= 0.6 is 0 Å². The smallest absolute Gasteiger partial charge is 0.0882 e. The molecule has 0 unspecified atom stereocenters. The van der Waals surface area contributed by atoms with E-state index in [1.807, 2.05) is 6.08 Å². The highest BCUT2D eigenvalue weighted by Gasteiger charge is 1.92. The van der Waals surface area contributed by atoms with Gasteiger partial charge in [0.05, 0.1) is 5.76 Å². The number of hydrogen-bond donors (Lipinski definition) is 1. The van der Waals surface area contributed by atoms with Crippen molar-refractivity contribution in [3.63, 3.8) is 0 Å². The highest BCUT2D eigenvalue weighted by molar-refractivity contribution is 4.90. The Morgan fingerprint density at radius 1 is 1.08 bits per heavy atom. The van der Waals surface area contributed by atoms with Crippen LogP contribution in [-0.2, 0) is 0 Å². The highest BCUT2D eigenvalue weighted by Crippen LogP contribution is 2.07. The quantitative estimate of drug-likeness (QED) is 0.448. The van der Waals surface area contributed by atoms with Crippen LogP contribution < -0.4 is 0 Å². The molecule has 0 fully saturated rings. The summed E-state index contributed by atoms with van der Waals surface area (Å²) in [6, 6.07) is 0. The lowest BCUT2D eigenvalue weighted by atomic mass is 10.1. The highest BCUT2D eigenvalue weighted by atomic mass is 16.3. The van der Waals surface area contributed by atoms with E-state index in [9.17, 15) is 5.11 Å². The second kappa shape index (κ2) is 8.63. The molecule has 0 aliphatic carbocycles. The molecule has 0 aromatic rings. The van der Waals surface area contributed by atoms with Gasteiger partial charge in [-0.2, -0.15) is 0 Å². The average Bonchev–Trinajstić information content (AvgIpc) is 2.06. The molecule has 0 radical (unpaired) electrons. The molecule has 0 aromatic heterocycles.